The van der Waals surface area contributed by atoms with E-state index in [-0.39, 0.29) is 22.1 Å². The van der Waals surface area contributed by atoms with Crippen molar-refractivity contribution in [3.63, 3.8) is 0 Å². The maximum absolute atomic E-state index is 13.0. The number of fused-ring (bicyclic) bond motifs is 1. The van der Waals surface area contributed by atoms with E-state index < -0.39 is 29.6 Å². The van der Waals surface area contributed by atoms with Crippen molar-refractivity contribution in [2.45, 2.75) is 26.8 Å². The minimum Gasteiger partial charge on any atom is -0.462 e. The Morgan fingerprint density at radius 2 is 1.92 bits per heavy atom. The number of carbonyl (C=O) groups is 4. The van der Waals surface area contributed by atoms with E-state index in [1.165, 1.54) is 18.2 Å². The lowest BCUT2D eigenvalue weighted by atomic mass is 10.1. The molecular formula is C26H24ClN3O5S. The van der Waals surface area contributed by atoms with E-state index in [4.69, 9.17) is 16.3 Å². The average Bonchev–Trinajstić information content (AvgIpc) is 3.32. The molecule has 2 heterocycles. The molecule has 1 aliphatic rings. The quantitative estimate of drug-likeness (QED) is 0.305. The van der Waals surface area contributed by atoms with Crippen LogP contribution in [0.25, 0.3) is 17.0 Å². The van der Waals surface area contributed by atoms with E-state index >= 15 is 0 Å². The van der Waals surface area contributed by atoms with Gasteiger partial charge >= 0.3 is 5.97 Å². The summed E-state index contributed by atoms with van der Waals surface area (Å²) in [4.78, 5) is 51.4. The van der Waals surface area contributed by atoms with E-state index in [9.17, 15) is 19.2 Å². The standard InChI is InChI=1S/C26H24ClN3O5S/c1-3-11-29-14-16(18-7-5-6-8-21(18)29)12-22-24(32)30(26(34)36-22)15-23(31)28-17-9-10-20(27)19(13-17)25(33)35-4-2/h5-10,12-14H,3-4,11,15H2,1-2H3,(H,28,31)/b22-12-. The third-order valence-corrected chi connectivity index (χ3v) is 6.73. The molecule has 4 rings (SSSR count). The molecule has 0 bridgehead atoms. The van der Waals surface area contributed by atoms with Crippen LogP contribution in [0, 0.1) is 0 Å². The van der Waals surface area contributed by atoms with Crippen LogP contribution < -0.4 is 5.32 Å². The number of amides is 3. The molecule has 186 valence electrons. The first kappa shape index (κ1) is 25.5. The van der Waals surface area contributed by atoms with Gasteiger partial charge in [-0.3, -0.25) is 19.3 Å². The van der Waals surface area contributed by atoms with E-state index in [1.807, 2.05) is 30.5 Å². The molecule has 0 atom stereocenters. The second kappa shape index (κ2) is 11.0. The fourth-order valence-electron chi connectivity index (χ4n) is 3.91. The fourth-order valence-corrected chi connectivity index (χ4v) is 4.93. The van der Waals surface area contributed by atoms with Gasteiger partial charge in [-0.25, -0.2) is 4.79 Å². The largest absolute Gasteiger partial charge is 0.462 e. The molecule has 0 unspecified atom stereocenters. The molecule has 0 spiro atoms. The van der Waals surface area contributed by atoms with Crippen LogP contribution >= 0.6 is 23.4 Å². The Kier molecular flexibility index (Phi) is 7.81. The van der Waals surface area contributed by atoms with Gasteiger partial charge < -0.3 is 14.6 Å². The van der Waals surface area contributed by atoms with Gasteiger partial charge in [0.05, 0.1) is 22.1 Å². The summed E-state index contributed by atoms with van der Waals surface area (Å²) in [5.41, 5.74) is 2.28. The summed E-state index contributed by atoms with van der Waals surface area (Å²) < 4.78 is 7.08. The first-order valence-electron chi connectivity index (χ1n) is 11.4. The van der Waals surface area contributed by atoms with Gasteiger partial charge in [0.25, 0.3) is 11.1 Å². The Bertz CT molecular complexity index is 1400. The number of halogens is 1. The molecule has 3 aromatic rings. The van der Waals surface area contributed by atoms with Crippen molar-refractivity contribution in [2.75, 3.05) is 18.5 Å². The lowest BCUT2D eigenvalue weighted by molar-refractivity contribution is -0.127. The lowest BCUT2D eigenvalue weighted by Crippen LogP contribution is -2.36. The molecule has 8 nitrogen and oxygen atoms in total. The summed E-state index contributed by atoms with van der Waals surface area (Å²) in [6.07, 6.45) is 4.62. The molecule has 2 aromatic carbocycles. The predicted molar refractivity (Wildman–Crippen MR) is 141 cm³/mol. The summed E-state index contributed by atoms with van der Waals surface area (Å²) in [6, 6.07) is 12.2. The van der Waals surface area contributed by atoms with E-state index in [2.05, 4.69) is 16.8 Å². The van der Waals surface area contributed by atoms with E-state index in [0.29, 0.717) is 5.69 Å². The number of ether oxygens (including phenoxy) is 1. The number of benzene rings is 2. The third kappa shape index (κ3) is 5.32. The number of hydrogen-bond acceptors (Lipinski definition) is 6. The molecule has 1 N–H and O–H groups in total. The van der Waals surface area contributed by atoms with Crippen LogP contribution in [0.5, 0.6) is 0 Å². The van der Waals surface area contributed by atoms with E-state index in [1.54, 1.807) is 13.0 Å². The first-order chi connectivity index (χ1) is 17.3. The molecule has 10 heteroatoms. The Hall–Kier alpha value is -3.56. The summed E-state index contributed by atoms with van der Waals surface area (Å²) in [6.45, 7) is 4.31. The number of hydrogen-bond donors (Lipinski definition) is 1. The number of carbonyl (C=O) groups excluding carboxylic acids is 4. The Labute approximate surface area is 217 Å². The van der Waals surface area contributed by atoms with Crippen molar-refractivity contribution < 1.29 is 23.9 Å². The van der Waals surface area contributed by atoms with Crippen molar-refractivity contribution in [3.8, 4) is 0 Å². The van der Waals surface area contributed by atoms with Crippen molar-refractivity contribution in [2.24, 2.45) is 0 Å². The molecule has 36 heavy (non-hydrogen) atoms. The maximum atomic E-state index is 13.0. The van der Waals surface area contributed by atoms with Crippen molar-refractivity contribution >= 4 is 69.1 Å². The van der Waals surface area contributed by atoms with Crippen LogP contribution in [0.15, 0.2) is 53.6 Å². The second-order valence-electron chi connectivity index (χ2n) is 8.03. The molecule has 0 saturated carbocycles. The van der Waals surface area contributed by atoms with Gasteiger partial charge in [-0.15, -0.1) is 0 Å². The SMILES string of the molecule is CCCn1cc(/C=C2\SC(=O)N(CC(=O)Nc3ccc(Cl)c(C(=O)OCC)c3)C2=O)c2ccccc21. The van der Waals surface area contributed by atoms with Crippen LogP contribution in [0.3, 0.4) is 0 Å². The zero-order valence-corrected chi connectivity index (χ0v) is 21.3. The minimum atomic E-state index is -0.616. The molecule has 0 radical (unpaired) electrons. The smallest absolute Gasteiger partial charge is 0.339 e. The van der Waals surface area contributed by atoms with Gasteiger partial charge in [-0.1, -0.05) is 36.7 Å². The predicted octanol–water partition coefficient (Wildman–Crippen LogP) is 5.56. The van der Waals surface area contributed by atoms with Gasteiger partial charge in [0, 0.05) is 34.9 Å². The number of aromatic nitrogens is 1. The summed E-state index contributed by atoms with van der Waals surface area (Å²) >= 11 is 6.86. The normalized spacial score (nSPS) is 14.6. The van der Waals surface area contributed by atoms with Crippen LogP contribution in [0.1, 0.15) is 36.2 Å². The van der Waals surface area contributed by atoms with Gasteiger partial charge in [0.2, 0.25) is 5.91 Å². The summed E-state index contributed by atoms with van der Waals surface area (Å²) in [7, 11) is 0. The molecule has 3 amide bonds. The molecular weight excluding hydrogens is 502 g/mol. The maximum Gasteiger partial charge on any atom is 0.339 e. The van der Waals surface area contributed by atoms with Crippen molar-refractivity contribution in [1.29, 1.82) is 0 Å². The topological polar surface area (TPSA) is 97.7 Å². The highest BCUT2D eigenvalue weighted by Crippen LogP contribution is 2.34. The first-order valence-corrected chi connectivity index (χ1v) is 12.6. The highest BCUT2D eigenvalue weighted by molar-refractivity contribution is 8.18. The highest BCUT2D eigenvalue weighted by Gasteiger charge is 2.36. The molecule has 0 aliphatic carbocycles. The van der Waals surface area contributed by atoms with Crippen LogP contribution in [-0.2, 0) is 20.9 Å². The Morgan fingerprint density at radius 3 is 2.67 bits per heavy atom. The number of thioether (sulfide) groups is 1. The van der Waals surface area contributed by atoms with Gasteiger partial charge in [-0.2, -0.15) is 0 Å². The summed E-state index contributed by atoms with van der Waals surface area (Å²) in [5, 5.41) is 3.24. The number of imide groups is 1. The molecule has 1 fully saturated rings. The minimum absolute atomic E-state index is 0.104. The number of aryl methyl sites for hydroxylation is 1. The lowest BCUT2D eigenvalue weighted by Gasteiger charge is -2.13. The Morgan fingerprint density at radius 1 is 1.14 bits per heavy atom. The molecule has 1 saturated heterocycles. The van der Waals surface area contributed by atoms with Gasteiger partial charge in [0.15, 0.2) is 0 Å². The number of esters is 1. The van der Waals surface area contributed by atoms with Gasteiger partial charge in [-0.05, 0) is 55.4 Å². The Balaban J connectivity index is 1.50. The zero-order valence-electron chi connectivity index (χ0n) is 19.7. The number of nitrogens with zero attached hydrogens (tertiary/aromatic N) is 2. The van der Waals surface area contributed by atoms with Crippen molar-refractivity contribution in [3.05, 3.63) is 69.7 Å². The van der Waals surface area contributed by atoms with Crippen LogP contribution in [0.2, 0.25) is 5.02 Å². The van der Waals surface area contributed by atoms with Crippen LogP contribution in [-0.4, -0.2) is 45.6 Å². The average molecular weight is 526 g/mol. The zero-order chi connectivity index (χ0) is 25.8. The molecule has 1 aliphatic heterocycles. The number of para-hydroxylation sites is 1. The third-order valence-electron chi connectivity index (χ3n) is 5.49. The van der Waals surface area contributed by atoms with E-state index in [0.717, 1.165) is 46.1 Å². The molecule has 1 aromatic heterocycles. The fraction of sp³-hybridized carbons (Fsp3) is 0.231. The second-order valence-corrected chi connectivity index (χ2v) is 9.43. The number of rotatable bonds is 8. The summed E-state index contributed by atoms with van der Waals surface area (Å²) in [5.74, 6) is -1.74. The highest BCUT2D eigenvalue weighted by atomic mass is 35.5. The number of nitrogens with one attached hydrogen (secondary N) is 1. The van der Waals surface area contributed by atoms with Crippen LogP contribution in [0.4, 0.5) is 10.5 Å². The number of anilines is 1. The monoisotopic (exact) mass is 525 g/mol. The van der Waals surface area contributed by atoms with Crippen molar-refractivity contribution in [1.82, 2.24) is 9.47 Å². The van der Waals surface area contributed by atoms with Gasteiger partial charge in [0.1, 0.15) is 6.54 Å².